The highest BCUT2D eigenvalue weighted by atomic mass is 14.6. The van der Waals surface area contributed by atoms with Gasteiger partial charge in [0.25, 0.3) is 0 Å². The van der Waals surface area contributed by atoms with Gasteiger partial charge in [-0.05, 0) is 36.7 Å². The van der Waals surface area contributed by atoms with E-state index in [1.165, 1.54) is 18.4 Å². The van der Waals surface area contributed by atoms with E-state index in [1.807, 2.05) is 0 Å². The summed E-state index contributed by atoms with van der Waals surface area (Å²) < 4.78 is 0. The van der Waals surface area contributed by atoms with Crippen LogP contribution in [0.5, 0.6) is 0 Å². The Morgan fingerprint density at radius 2 is 1.79 bits per heavy atom. The van der Waals surface area contributed by atoms with Crippen molar-refractivity contribution in [2.45, 2.75) is 38.1 Å². The van der Waals surface area contributed by atoms with Gasteiger partial charge >= 0.3 is 0 Å². The van der Waals surface area contributed by atoms with Gasteiger partial charge in [0.15, 0.2) is 0 Å². The van der Waals surface area contributed by atoms with Gasteiger partial charge in [0.1, 0.15) is 0 Å². The molecule has 1 aliphatic rings. The van der Waals surface area contributed by atoms with Gasteiger partial charge in [0.2, 0.25) is 0 Å². The summed E-state index contributed by atoms with van der Waals surface area (Å²) in [7, 11) is 0. The molecule has 1 fully saturated rings. The maximum atomic E-state index is 6.05. The van der Waals surface area contributed by atoms with Crippen LogP contribution >= 0.6 is 0 Å². The Morgan fingerprint density at radius 1 is 1.07 bits per heavy atom. The molecule has 1 saturated carbocycles. The highest BCUT2D eigenvalue weighted by Gasteiger charge is 2.24. The zero-order valence-electron chi connectivity index (χ0n) is 8.82. The molecule has 0 amide bonds. The summed E-state index contributed by atoms with van der Waals surface area (Å²) in [5.74, 6) is 1.47. The molecule has 14 heavy (non-hydrogen) atoms. The number of benzene rings is 1. The van der Waals surface area contributed by atoms with Crippen LogP contribution < -0.4 is 5.73 Å². The van der Waals surface area contributed by atoms with Gasteiger partial charge in [0, 0.05) is 6.04 Å². The van der Waals surface area contributed by atoms with Gasteiger partial charge in [-0.1, -0.05) is 37.3 Å². The van der Waals surface area contributed by atoms with Crippen LogP contribution in [0.1, 0.15) is 37.7 Å². The fraction of sp³-hybridized carbons (Fsp3) is 0.538. The molecule has 1 aromatic rings. The molecule has 0 spiro atoms. The van der Waals surface area contributed by atoms with Crippen molar-refractivity contribution in [2.75, 3.05) is 0 Å². The Balaban J connectivity index is 2.11. The van der Waals surface area contributed by atoms with Gasteiger partial charge in [-0.15, -0.1) is 0 Å². The van der Waals surface area contributed by atoms with E-state index >= 15 is 0 Å². The molecule has 3 atom stereocenters. The summed E-state index contributed by atoms with van der Waals surface area (Å²) in [6, 6.07) is 11.2. The highest BCUT2D eigenvalue weighted by Crippen LogP contribution is 2.35. The SMILES string of the molecule is C[C@@H]1C[C@@H](N)C[C@H](c2ccccc2)C1. The van der Waals surface area contributed by atoms with Crippen molar-refractivity contribution in [1.29, 1.82) is 0 Å². The number of nitrogens with two attached hydrogens (primary N) is 1. The molecule has 0 bridgehead atoms. The predicted molar refractivity (Wildman–Crippen MR) is 60.2 cm³/mol. The molecule has 1 heteroatoms. The number of rotatable bonds is 1. The van der Waals surface area contributed by atoms with Crippen LogP contribution in [0.15, 0.2) is 30.3 Å². The van der Waals surface area contributed by atoms with Crippen molar-refractivity contribution < 1.29 is 0 Å². The molecule has 2 rings (SSSR count). The monoisotopic (exact) mass is 189 g/mol. The van der Waals surface area contributed by atoms with Gasteiger partial charge < -0.3 is 5.73 Å². The lowest BCUT2D eigenvalue weighted by molar-refractivity contribution is 0.308. The van der Waals surface area contributed by atoms with E-state index in [2.05, 4.69) is 37.3 Å². The molecule has 0 unspecified atom stereocenters. The van der Waals surface area contributed by atoms with E-state index in [0.717, 1.165) is 12.3 Å². The standard InChI is InChI=1S/C13H19N/c1-10-7-12(9-13(14)8-10)11-5-3-2-4-6-11/h2-6,10,12-13H,7-9,14H2,1H3/t10-,12+,13+/m0/s1. The Bertz CT molecular complexity index is 271. The van der Waals surface area contributed by atoms with E-state index in [-0.39, 0.29) is 0 Å². The van der Waals surface area contributed by atoms with Crippen LogP contribution in [0.3, 0.4) is 0 Å². The minimum atomic E-state index is 0.406. The third kappa shape index (κ3) is 2.16. The third-order valence-corrected chi connectivity index (χ3v) is 3.25. The van der Waals surface area contributed by atoms with Crippen LogP contribution in [0, 0.1) is 5.92 Å². The zero-order valence-corrected chi connectivity index (χ0v) is 8.82. The maximum absolute atomic E-state index is 6.05. The van der Waals surface area contributed by atoms with E-state index in [9.17, 15) is 0 Å². The molecule has 1 aliphatic carbocycles. The van der Waals surface area contributed by atoms with Crippen LogP contribution in [0.4, 0.5) is 0 Å². The van der Waals surface area contributed by atoms with Gasteiger partial charge in [-0.25, -0.2) is 0 Å². The second kappa shape index (κ2) is 4.14. The molecule has 1 nitrogen and oxygen atoms in total. The topological polar surface area (TPSA) is 26.0 Å². The lowest BCUT2D eigenvalue weighted by Crippen LogP contribution is -2.30. The maximum Gasteiger partial charge on any atom is 0.00471 e. The molecule has 0 radical (unpaired) electrons. The molecule has 0 aromatic heterocycles. The first-order valence-electron chi connectivity index (χ1n) is 5.56. The molecule has 1 aromatic carbocycles. The average molecular weight is 189 g/mol. The average Bonchev–Trinajstić information content (AvgIpc) is 2.18. The summed E-state index contributed by atoms with van der Waals surface area (Å²) in [6.45, 7) is 2.31. The van der Waals surface area contributed by atoms with Crippen LogP contribution in [0.2, 0.25) is 0 Å². The quantitative estimate of drug-likeness (QED) is 0.722. The van der Waals surface area contributed by atoms with Crippen molar-refractivity contribution in [3.05, 3.63) is 35.9 Å². The van der Waals surface area contributed by atoms with E-state index < -0.39 is 0 Å². The van der Waals surface area contributed by atoms with Crippen LogP contribution in [-0.4, -0.2) is 6.04 Å². The molecular weight excluding hydrogens is 170 g/mol. The van der Waals surface area contributed by atoms with E-state index in [4.69, 9.17) is 5.73 Å². The smallest absolute Gasteiger partial charge is 0.00471 e. The summed E-state index contributed by atoms with van der Waals surface area (Å²) >= 11 is 0. The molecule has 0 saturated heterocycles. The van der Waals surface area contributed by atoms with E-state index in [1.54, 1.807) is 0 Å². The summed E-state index contributed by atoms with van der Waals surface area (Å²) in [4.78, 5) is 0. The number of hydrogen-bond donors (Lipinski definition) is 1. The lowest BCUT2D eigenvalue weighted by Gasteiger charge is -2.31. The van der Waals surface area contributed by atoms with Gasteiger partial charge in [-0.2, -0.15) is 0 Å². The number of hydrogen-bond acceptors (Lipinski definition) is 1. The van der Waals surface area contributed by atoms with Crippen molar-refractivity contribution >= 4 is 0 Å². The Morgan fingerprint density at radius 3 is 2.43 bits per heavy atom. The van der Waals surface area contributed by atoms with Crippen LogP contribution in [0.25, 0.3) is 0 Å². The fourth-order valence-corrected chi connectivity index (χ4v) is 2.65. The Hall–Kier alpha value is -0.820. The predicted octanol–water partition coefficient (Wildman–Crippen LogP) is 2.92. The molecular formula is C13H19N. The van der Waals surface area contributed by atoms with E-state index in [0.29, 0.717) is 12.0 Å². The molecule has 0 aliphatic heterocycles. The van der Waals surface area contributed by atoms with Crippen molar-refractivity contribution in [1.82, 2.24) is 0 Å². The van der Waals surface area contributed by atoms with Crippen LogP contribution in [-0.2, 0) is 0 Å². The Labute approximate surface area is 86.3 Å². The van der Waals surface area contributed by atoms with Crippen molar-refractivity contribution in [2.24, 2.45) is 11.7 Å². The lowest BCUT2D eigenvalue weighted by atomic mass is 9.77. The Kier molecular flexibility index (Phi) is 2.87. The first-order valence-corrected chi connectivity index (χ1v) is 5.56. The normalized spacial score (nSPS) is 32.9. The summed E-state index contributed by atoms with van der Waals surface area (Å²) in [6.07, 6.45) is 3.66. The van der Waals surface area contributed by atoms with Crippen molar-refractivity contribution in [3.63, 3.8) is 0 Å². The summed E-state index contributed by atoms with van der Waals surface area (Å²) in [5, 5.41) is 0. The second-order valence-corrected chi connectivity index (χ2v) is 4.68. The highest BCUT2D eigenvalue weighted by molar-refractivity contribution is 5.20. The van der Waals surface area contributed by atoms with Gasteiger partial charge in [0.05, 0.1) is 0 Å². The van der Waals surface area contributed by atoms with Gasteiger partial charge in [-0.3, -0.25) is 0 Å². The fourth-order valence-electron chi connectivity index (χ4n) is 2.65. The molecule has 0 heterocycles. The summed E-state index contributed by atoms with van der Waals surface area (Å²) in [5.41, 5.74) is 7.52. The third-order valence-electron chi connectivity index (χ3n) is 3.25. The minimum absolute atomic E-state index is 0.406. The second-order valence-electron chi connectivity index (χ2n) is 4.68. The molecule has 76 valence electrons. The molecule has 2 N–H and O–H groups in total. The largest absolute Gasteiger partial charge is 0.328 e. The van der Waals surface area contributed by atoms with Crippen molar-refractivity contribution in [3.8, 4) is 0 Å². The first-order chi connectivity index (χ1) is 6.75. The first kappa shape index (κ1) is 9.72. The zero-order chi connectivity index (χ0) is 9.97. The minimum Gasteiger partial charge on any atom is -0.328 e.